The zero-order valence-electron chi connectivity index (χ0n) is 17.7. The molecule has 0 fully saturated rings. The van der Waals surface area contributed by atoms with Gasteiger partial charge in [0.1, 0.15) is 22.1 Å². The van der Waals surface area contributed by atoms with Gasteiger partial charge in [-0.3, -0.25) is 10.1 Å². The average Bonchev–Trinajstić information content (AvgIpc) is 2.78. The summed E-state index contributed by atoms with van der Waals surface area (Å²) in [4.78, 5) is 29.2. The maximum absolute atomic E-state index is 13.0. The molecule has 0 unspecified atom stereocenters. The molecule has 1 heterocycles. The Hall–Kier alpha value is -3.44. The summed E-state index contributed by atoms with van der Waals surface area (Å²) < 4.78 is 49.2. The largest absolute Gasteiger partial charge is 0.496 e. The molecule has 3 rings (SSSR count). The average molecular weight is 512 g/mol. The number of amides is 3. The van der Waals surface area contributed by atoms with Crippen molar-refractivity contribution >= 4 is 41.0 Å². The van der Waals surface area contributed by atoms with E-state index >= 15 is 0 Å². The number of carbonyl (C=O) groups excluding carboxylic acids is 2. The monoisotopic (exact) mass is 511 g/mol. The quantitative estimate of drug-likeness (QED) is 0.429. The maximum Gasteiger partial charge on any atom is 0.416 e. The van der Waals surface area contributed by atoms with Crippen LogP contribution in [0, 0.1) is 0 Å². The second kappa shape index (κ2) is 10.7. The SMILES string of the molecule is COc1cccc(OC)c1C(=O)NC(=O)Nc1ccc(Sc2cc(Cl)cc(C(F)(F)F)c2)nc1. The van der Waals surface area contributed by atoms with Crippen LogP contribution in [-0.4, -0.2) is 31.1 Å². The molecule has 0 spiro atoms. The van der Waals surface area contributed by atoms with Crippen LogP contribution in [0.3, 0.4) is 0 Å². The molecule has 0 saturated carbocycles. The van der Waals surface area contributed by atoms with Gasteiger partial charge in [-0.2, -0.15) is 13.2 Å². The van der Waals surface area contributed by atoms with Crippen molar-refractivity contribution < 1.29 is 32.2 Å². The number of ether oxygens (including phenoxy) is 2. The smallest absolute Gasteiger partial charge is 0.416 e. The third-order valence-corrected chi connectivity index (χ3v) is 5.44. The molecule has 0 radical (unpaired) electrons. The Morgan fingerprint density at radius 3 is 2.26 bits per heavy atom. The topological polar surface area (TPSA) is 89.5 Å². The molecule has 178 valence electrons. The lowest BCUT2D eigenvalue weighted by atomic mass is 10.1. The van der Waals surface area contributed by atoms with Crippen molar-refractivity contribution in [2.24, 2.45) is 0 Å². The fourth-order valence-corrected chi connectivity index (χ4v) is 3.98. The van der Waals surface area contributed by atoms with Gasteiger partial charge in [0.25, 0.3) is 5.91 Å². The number of imide groups is 1. The molecule has 2 aromatic carbocycles. The van der Waals surface area contributed by atoms with Crippen molar-refractivity contribution in [1.29, 1.82) is 0 Å². The summed E-state index contributed by atoms with van der Waals surface area (Å²) in [5.41, 5.74) is -0.565. The first kappa shape index (κ1) is 25.2. The van der Waals surface area contributed by atoms with E-state index in [-0.39, 0.29) is 32.7 Å². The highest BCUT2D eigenvalue weighted by Gasteiger charge is 2.31. The van der Waals surface area contributed by atoms with Gasteiger partial charge in [0, 0.05) is 9.92 Å². The van der Waals surface area contributed by atoms with E-state index < -0.39 is 23.7 Å². The second-order valence-corrected chi connectivity index (χ2v) is 8.14. The highest BCUT2D eigenvalue weighted by Crippen LogP contribution is 2.36. The van der Waals surface area contributed by atoms with Crippen molar-refractivity contribution in [3.8, 4) is 11.5 Å². The minimum absolute atomic E-state index is 0.0484. The van der Waals surface area contributed by atoms with Crippen LogP contribution in [0.5, 0.6) is 11.5 Å². The van der Waals surface area contributed by atoms with Gasteiger partial charge in [-0.15, -0.1) is 0 Å². The van der Waals surface area contributed by atoms with Crippen molar-refractivity contribution in [3.63, 3.8) is 0 Å². The van der Waals surface area contributed by atoms with Gasteiger partial charge in [-0.25, -0.2) is 9.78 Å². The fourth-order valence-electron chi connectivity index (χ4n) is 2.82. The Balaban J connectivity index is 1.66. The predicted molar refractivity (Wildman–Crippen MR) is 121 cm³/mol. The molecule has 7 nitrogen and oxygen atoms in total. The van der Waals surface area contributed by atoms with Crippen LogP contribution in [0.1, 0.15) is 15.9 Å². The molecular weight excluding hydrogens is 495 g/mol. The molecule has 0 aliphatic heterocycles. The second-order valence-electron chi connectivity index (χ2n) is 6.61. The summed E-state index contributed by atoms with van der Waals surface area (Å²) >= 11 is 6.77. The summed E-state index contributed by atoms with van der Waals surface area (Å²) in [6, 6.07) is 10.1. The third kappa shape index (κ3) is 6.33. The molecule has 2 N–H and O–H groups in total. The van der Waals surface area contributed by atoms with Crippen LogP contribution in [0.2, 0.25) is 5.02 Å². The number of nitrogens with one attached hydrogen (secondary N) is 2. The highest BCUT2D eigenvalue weighted by molar-refractivity contribution is 7.99. The number of aromatic nitrogens is 1. The van der Waals surface area contributed by atoms with Crippen molar-refractivity contribution in [1.82, 2.24) is 10.3 Å². The lowest BCUT2D eigenvalue weighted by Gasteiger charge is -2.13. The van der Waals surface area contributed by atoms with E-state index in [1.165, 1.54) is 38.6 Å². The number of alkyl halides is 3. The van der Waals surface area contributed by atoms with E-state index in [1.54, 1.807) is 18.2 Å². The van der Waals surface area contributed by atoms with E-state index in [4.69, 9.17) is 21.1 Å². The maximum atomic E-state index is 13.0. The van der Waals surface area contributed by atoms with Crippen molar-refractivity contribution in [3.05, 3.63) is 70.9 Å². The Morgan fingerprint density at radius 1 is 1.03 bits per heavy atom. The lowest BCUT2D eigenvalue weighted by Crippen LogP contribution is -2.34. The summed E-state index contributed by atoms with van der Waals surface area (Å²) in [6.45, 7) is 0. The zero-order chi connectivity index (χ0) is 24.9. The first-order valence-corrected chi connectivity index (χ1v) is 10.6. The molecule has 0 aliphatic carbocycles. The molecule has 0 atom stereocenters. The molecule has 0 aliphatic rings. The van der Waals surface area contributed by atoms with Crippen LogP contribution in [0.4, 0.5) is 23.7 Å². The Morgan fingerprint density at radius 2 is 1.71 bits per heavy atom. The van der Waals surface area contributed by atoms with Crippen LogP contribution < -0.4 is 20.1 Å². The minimum atomic E-state index is -4.53. The van der Waals surface area contributed by atoms with Gasteiger partial charge in [0.15, 0.2) is 0 Å². The zero-order valence-corrected chi connectivity index (χ0v) is 19.3. The van der Waals surface area contributed by atoms with E-state index in [0.717, 1.165) is 23.9 Å². The third-order valence-electron chi connectivity index (χ3n) is 4.30. The Kier molecular flexibility index (Phi) is 7.90. The van der Waals surface area contributed by atoms with Crippen LogP contribution in [-0.2, 0) is 6.18 Å². The van der Waals surface area contributed by atoms with Gasteiger partial charge in [-0.05, 0) is 42.5 Å². The van der Waals surface area contributed by atoms with E-state index in [9.17, 15) is 22.8 Å². The van der Waals surface area contributed by atoms with Gasteiger partial charge < -0.3 is 14.8 Å². The number of rotatable bonds is 6. The number of hydrogen-bond acceptors (Lipinski definition) is 6. The number of halogens is 4. The number of hydrogen-bond donors (Lipinski definition) is 2. The lowest BCUT2D eigenvalue weighted by molar-refractivity contribution is -0.137. The van der Waals surface area contributed by atoms with Crippen LogP contribution in [0.25, 0.3) is 0 Å². The van der Waals surface area contributed by atoms with Crippen LogP contribution in [0.15, 0.2) is 64.6 Å². The summed E-state index contributed by atoms with van der Waals surface area (Å²) in [7, 11) is 2.76. The molecular formula is C22H17ClF3N3O4S. The van der Waals surface area contributed by atoms with Crippen molar-refractivity contribution in [2.75, 3.05) is 19.5 Å². The summed E-state index contributed by atoms with van der Waals surface area (Å²) in [5.74, 6) is -0.293. The normalized spacial score (nSPS) is 11.0. The number of methoxy groups -OCH3 is 2. The molecule has 0 bridgehead atoms. The first-order valence-electron chi connectivity index (χ1n) is 9.45. The number of pyridine rings is 1. The standard InChI is InChI=1S/C22H17ClF3N3O4S/c1-32-16-4-3-5-17(33-2)19(16)20(30)29-21(31)28-14-6-7-18(27-11-14)34-15-9-12(22(24,25)26)8-13(23)10-15/h3-11H,1-2H3,(H2,28,29,30,31). The molecule has 1 aromatic heterocycles. The predicted octanol–water partition coefficient (Wildman–Crippen LogP) is 5.88. The molecule has 12 heteroatoms. The molecule has 0 saturated heterocycles. The highest BCUT2D eigenvalue weighted by atomic mass is 35.5. The van der Waals surface area contributed by atoms with Crippen LogP contribution >= 0.6 is 23.4 Å². The number of nitrogens with zero attached hydrogens (tertiary/aromatic N) is 1. The number of carbonyl (C=O) groups is 2. The van der Waals surface area contributed by atoms with E-state index in [2.05, 4.69) is 15.6 Å². The molecule has 3 amide bonds. The van der Waals surface area contributed by atoms with Gasteiger partial charge in [0.05, 0.1) is 31.7 Å². The number of anilines is 1. The fraction of sp³-hybridized carbons (Fsp3) is 0.136. The van der Waals surface area contributed by atoms with Crippen molar-refractivity contribution in [2.45, 2.75) is 16.1 Å². The number of benzene rings is 2. The van der Waals surface area contributed by atoms with Gasteiger partial charge in [-0.1, -0.05) is 29.4 Å². The molecule has 34 heavy (non-hydrogen) atoms. The Labute approximate surface area is 201 Å². The number of urea groups is 1. The Bertz CT molecular complexity index is 1180. The summed E-state index contributed by atoms with van der Waals surface area (Å²) in [5, 5.41) is 4.94. The van der Waals surface area contributed by atoms with Gasteiger partial charge in [0.2, 0.25) is 0 Å². The summed E-state index contributed by atoms with van der Waals surface area (Å²) in [6.07, 6.45) is -3.23. The van der Waals surface area contributed by atoms with Gasteiger partial charge >= 0.3 is 12.2 Å². The van der Waals surface area contributed by atoms with E-state index in [0.29, 0.717) is 5.03 Å². The minimum Gasteiger partial charge on any atom is -0.496 e. The first-order chi connectivity index (χ1) is 16.1. The van der Waals surface area contributed by atoms with E-state index in [1.807, 2.05) is 0 Å². The molecule has 3 aromatic rings.